The molecule has 0 fully saturated rings. The molecule has 2 aromatic rings. The van der Waals surface area contributed by atoms with Crippen molar-refractivity contribution in [3.63, 3.8) is 0 Å². The lowest BCUT2D eigenvalue weighted by molar-refractivity contribution is -0.125. The average molecular weight is 315 g/mol. The Kier molecular flexibility index (Phi) is 5.39. The summed E-state index contributed by atoms with van der Waals surface area (Å²) in [4.78, 5) is 16.5. The first kappa shape index (κ1) is 16.3. The van der Waals surface area contributed by atoms with Crippen LogP contribution in [0.3, 0.4) is 0 Å². The van der Waals surface area contributed by atoms with E-state index in [1.807, 2.05) is 38.2 Å². The predicted octanol–water partition coefficient (Wildman–Crippen LogP) is 4.13. The molecule has 1 heterocycles. The van der Waals surface area contributed by atoms with Crippen LogP contribution in [-0.4, -0.2) is 25.0 Å². The highest BCUT2D eigenvalue weighted by atomic mass is 32.1. The molecule has 0 saturated carbocycles. The molecule has 2 rings (SSSR count). The maximum atomic E-state index is 12.4. The number of aryl methyl sites for hydroxylation is 1. The Hall–Kier alpha value is -2.07. The van der Waals surface area contributed by atoms with Crippen LogP contribution in [0.2, 0.25) is 0 Å². The van der Waals surface area contributed by atoms with Crippen LogP contribution in [0.1, 0.15) is 22.2 Å². The van der Waals surface area contributed by atoms with Crippen LogP contribution in [0.5, 0.6) is 5.75 Å². The molecule has 0 aliphatic carbocycles. The maximum Gasteiger partial charge on any atom is 0.246 e. The standard InChI is InChI=1S/C18H21NO2S/c1-13(16-7-5-6-8-17(16)21-4)11-18(20)19(3)12-15-10-9-14(2)22-15/h5-11H,12H2,1-4H3/b13-11+. The Bertz CT molecular complexity index is 688. The van der Waals surface area contributed by atoms with Crippen LogP contribution in [0.25, 0.3) is 5.57 Å². The van der Waals surface area contributed by atoms with Crippen molar-refractivity contribution >= 4 is 22.8 Å². The van der Waals surface area contributed by atoms with Crippen molar-refractivity contribution in [1.82, 2.24) is 4.90 Å². The number of thiophene rings is 1. The van der Waals surface area contributed by atoms with Crippen molar-refractivity contribution in [3.8, 4) is 5.75 Å². The fraction of sp³-hybridized carbons (Fsp3) is 0.278. The van der Waals surface area contributed by atoms with Gasteiger partial charge in [0, 0.05) is 28.4 Å². The first-order valence-corrected chi connectivity index (χ1v) is 7.95. The van der Waals surface area contributed by atoms with E-state index in [-0.39, 0.29) is 5.91 Å². The number of likely N-dealkylation sites (N-methyl/N-ethyl adjacent to an activating group) is 1. The SMILES string of the molecule is COc1ccccc1/C(C)=C/C(=O)N(C)Cc1ccc(C)s1. The van der Waals surface area contributed by atoms with E-state index in [0.717, 1.165) is 16.9 Å². The van der Waals surface area contributed by atoms with Crippen molar-refractivity contribution in [1.29, 1.82) is 0 Å². The van der Waals surface area contributed by atoms with Crippen LogP contribution in [-0.2, 0) is 11.3 Å². The molecular formula is C18H21NO2S. The van der Waals surface area contributed by atoms with Gasteiger partial charge in [-0.1, -0.05) is 18.2 Å². The summed E-state index contributed by atoms with van der Waals surface area (Å²) in [7, 11) is 3.46. The maximum absolute atomic E-state index is 12.4. The lowest BCUT2D eigenvalue weighted by atomic mass is 10.1. The number of hydrogen-bond acceptors (Lipinski definition) is 3. The Morgan fingerprint density at radius 1 is 1.27 bits per heavy atom. The number of amides is 1. The molecule has 0 unspecified atom stereocenters. The van der Waals surface area contributed by atoms with E-state index in [9.17, 15) is 4.79 Å². The monoisotopic (exact) mass is 315 g/mol. The smallest absolute Gasteiger partial charge is 0.246 e. The number of allylic oxidation sites excluding steroid dienone is 1. The van der Waals surface area contributed by atoms with Gasteiger partial charge >= 0.3 is 0 Å². The lowest BCUT2D eigenvalue weighted by Gasteiger charge is -2.15. The summed E-state index contributed by atoms with van der Waals surface area (Å²) in [6.07, 6.45) is 1.66. The van der Waals surface area contributed by atoms with Crippen LogP contribution in [0, 0.1) is 6.92 Å². The summed E-state index contributed by atoms with van der Waals surface area (Å²) in [5.41, 5.74) is 1.84. The van der Waals surface area contributed by atoms with E-state index in [1.165, 1.54) is 9.75 Å². The van der Waals surface area contributed by atoms with Crippen molar-refractivity contribution in [3.05, 3.63) is 57.8 Å². The molecule has 4 heteroatoms. The zero-order valence-electron chi connectivity index (χ0n) is 13.4. The van der Waals surface area contributed by atoms with Crippen LogP contribution < -0.4 is 4.74 Å². The van der Waals surface area contributed by atoms with E-state index in [0.29, 0.717) is 6.54 Å². The molecule has 1 aromatic carbocycles. The van der Waals surface area contributed by atoms with Crippen LogP contribution in [0.4, 0.5) is 0 Å². The number of nitrogens with zero attached hydrogens (tertiary/aromatic N) is 1. The van der Waals surface area contributed by atoms with Gasteiger partial charge in [0.2, 0.25) is 5.91 Å². The van der Waals surface area contributed by atoms with Crippen molar-refractivity contribution in [2.75, 3.05) is 14.2 Å². The number of carbonyl (C=O) groups is 1. The lowest BCUT2D eigenvalue weighted by Crippen LogP contribution is -2.23. The Morgan fingerprint density at radius 2 is 2.00 bits per heavy atom. The van der Waals surface area contributed by atoms with Gasteiger partial charge in [0.05, 0.1) is 13.7 Å². The number of para-hydroxylation sites is 1. The topological polar surface area (TPSA) is 29.5 Å². The van der Waals surface area contributed by atoms with E-state index in [1.54, 1.807) is 29.4 Å². The highest BCUT2D eigenvalue weighted by Gasteiger charge is 2.10. The number of carbonyl (C=O) groups excluding carboxylic acids is 1. The third-order valence-corrected chi connectivity index (χ3v) is 4.42. The third-order valence-electron chi connectivity index (χ3n) is 3.44. The second-order valence-electron chi connectivity index (χ2n) is 5.23. The minimum Gasteiger partial charge on any atom is -0.496 e. The molecule has 1 aromatic heterocycles. The number of rotatable bonds is 5. The second kappa shape index (κ2) is 7.27. The summed E-state index contributed by atoms with van der Waals surface area (Å²) < 4.78 is 5.34. The molecule has 0 aliphatic rings. The van der Waals surface area contributed by atoms with Crippen molar-refractivity contribution in [2.24, 2.45) is 0 Å². The molecule has 3 nitrogen and oxygen atoms in total. The normalized spacial score (nSPS) is 11.4. The number of benzene rings is 1. The zero-order chi connectivity index (χ0) is 16.1. The van der Waals surface area contributed by atoms with Crippen molar-refractivity contribution in [2.45, 2.75) is 20.4 Å². The van der Waals surface area contributed by atoms with E-state index >= 15 is 0 Å². The number of ether oxygens (including phenoxy) is 1. The van der Waals surface area contributed by atoms with Gasteiger partial charge in [0.1, 0.15) is 5.75 Å². The molecule has 0 radical (unpaired) electrons. The minimum absolute atomic E-state index is 0.00513. The Labute approximate surface area is 135 Å². The minimum atomic E-state index is -0.00513. The molecule has 0 N–H and O–H groups in total. The quantitative estimate of drug-likeness (QED) is 0.777. The summed E-state index contributed by atoms with van der Waals surface area (Å²) in [5.74, 6) is 0.773. The first-order valence-electron chi connectivity index (χ1n) is 7.13. The zero-order valence-corrected chi connectivity index (χ0v) is 14.2. The molecule has 0 spiro atoms. The highest BCUT2D eigenvalue weighted by Crippen LogP contribution is 2.25. The fourth-order valence-corrected chi connectivity index (χ4v) is 3.17. The molecule has 0 atom stereocenters. The number of methoxy groups -OCH3 is 1. The number of hydrogen-bond donors (Lipinski definition) is 0. The molecule has 0 saturated heterocycles. The van der Waals surface area contributed by atoms with Gasteiger partial charge in [-0.3, -0.25) is 4.79 Å². The summed E-state index contributed by atoms with van der Waals surface area (Å²) in [6, 6.07) is 11.9. The van der Waals surface area contributed by atoms with Gasteiger partial charge < -0.3 is 9.64 Å². The third kappa shape index (κ3) is 3.98. The Morgan fingerprint density at radius 3 is 2.64 bits per heavy atom. The van der Waals surface area contributed by atoms with E-state index in [4.69, 9.17) is 4.74 Å². The van der Waals surface area contributed by atoms with Gasteiger partial charge in [-0.2, -0.15) is 0 Å². The highest BCUT2D eigenvalue weighted by molar-refractivity contribution is 7.11. The predicted molar refractivity (Wildman–Crippen MR) is 92.2 cm³/mol. The molecule has 0 bridgehead atoms. The van der Waals surface area contributed by atoms with Gasteiger partial charge in [0.25, 0.3) is 0 Å². The Balaban J connectivity index is 2.11. The molecular weight excluding hydrogens is 294 g/mol. The second-order valence-corrected chi connectivity index (χ2v) is 6.61. The summed E-state index contributed by atoms with van der Waals surface area (Å²) in [5, 5.41) is 0. The van der Waals surface area contributed by atoms with Crippen LogP contribution >= 0.6 is 11.3 Å². The molecule has 0 aliphatic heterocycles. The van der Waals surface area contributed by atoms with E-state index < -0.39 is 0 Å². The van der Waals surface area contributed by atoms with Crippen molar-refractivity contribution < 1.29 is 9.53 Å². The van der Waals surface area contributed by atoms with Gasteiger partial charge in [-0.15, -0.1) is 11.3 Å². The van der Waals surface area contributed by atoms with Gasteiger partial charge in [0.15, 0.2) is 0 Å². The molecule has 22 heavy (non-hydrogen) atoms. The fourth-order valence-electron chi connectivity index (χ4n) is 2.23. The largest absolute Gasteiger partial charge is 0.496 e. The van der Waals surface area contributed by atoms with Gasteiger partial charge in [-0.25, -0.2) is 0 Å². The molecule has 1 amide bonds. The first-order chi connectivity index (χ1) is 10.5. The van der Waals surface area contributed by atoms with Crippen LogP contribution in [0.15, 0.2) is 42.5 Å². The summed E-state index contributed by atoms with van der Waals surface area (Å²) >= 11 is 1.72. The van der Waals surface area contributed by atoms with E-state index in [2.05, 4.69) is 19.1 Å². The molecule has 116 valence electrons. The van der Waals surface area contributed by atoms with Gasteiger partial charge in [-0.05, 0) is 37.6 Å². The average Bonchev–Trinajstić information content (AvgIpc) is 2.92. The summed E-state index contributed by atoms with van der Waals surface area (Å²) in [6.45, 7) is 4.63.